The van der Waals surface area contributed by atoms with E-state index in [4.69, 9.17) is 21.2 Å². The Bertz CT molecular complexity index is 590. The molecule has 1 atom stereocenters. The lowest BCUT2D eigenvalue weighted by atomic mass is 10.1. The Kier molecular flexibility index (Phi) is 7.28. The van der Waals surface area contributed by atoms with Crippen LogP contribution < -0.4 is 14.8 Å². The van der Waals surface area contributed by atoms with Crippen molar-refractivity contribution in [1.29, 1.82) is 5.26 Å². The Labute approximate surface area is 129 Å². The fraction of sp³-hybridized carbons (Fsp3) is 0.375. The SMILES string of the molecule is C#CCOc1ccc(CCC(=O)NC(C)C#N)cc1OCF. The third-order valence-electron chi connectivity index (χ3n) is 2.74. The lowest BCUT2D eigenvalue weighted by Gasteiger charge is -2.11. The number of rotatable bonds is 8. The lowest BCUT2D eigenvalue weighted by Crippen LogP contribution is -2.31. The van der Waals surface area contributed by atoms with Crippen LogP contribution in [0, 0.1) is 23.7 Å². The van der Waals surface area contributed by atoms with E-state index in [-0.39, 0.29) is 24.7 Å². The molecule has 0 saturated heterocycles. The molecule has 0 aliphatic heterocycles. The first-order valence-corrected chi connectivity index (χ1v) is 6.67. The second-order valence-corrected chi connectivity index (χ2v) is 4.45. The van der Waals surface area contributed by atoms with E-state index >= 15 is 0 Å². The number of nitrogens with one attached hydrogen (secondary N) is 1. The third kappa shape index (κ3) is 5.72. The summed E-state index contributed by atoms with van der Waals surface area (Å²) in [7, 11) is 0. The van der Waals surface area contributed by atoms with Crippen LogP contribution in [0.1, 0.15) is 18.9 Å². The minimum atomic E-state index is -0.990. The highest BCUT2D eigenvalue weighted by molar-refractivity contribution is 5.76. The number of carbonyl (C=O) groups is 1. The van der Waals surface area contributed by atoms with Crippen molar-refractivity contribution in [3.05, 3.63) is 23.8 Å². The van der Waals surface area contributed by atoms with Crippen molar-refractivity contribution >= 4 is 5.91 Å². The number of aryl methyl sites for hydroxylation is 1. The molecule has 0 saturated carbocycles. The van der Waals surface area contributed by atoms with Crippen molar-refractivity contribution in [2.24, 2.45) is 0 Å². The van der Waals surface area contributed by atoms with Crippen molar-refractivity contribution in [3.8, 4) is 29.9 Å². The van der Waals surface area contributed by atoms with E-state index in [9.17, 15) is 9.18 Å². The summed E-state index contributed by atoms with van der Waals surface area (Å²) in [6, 6.07) is 6.36. The van der Waals surface area contributed by atoms with Gasteiger partial charge in [-0.15, -0.1) is 6.42 Å². The molecule has 22 heavy (non-hydrogen) atoms. The van der Waals surface area contributed by atoms with Gasteiger partial charge in [0.15, 0.2) is 11.5 Å². The van der Waals surface area contributed by atoms with Gasteiger partial charge in [-0.3, -0.25) is 4.79 Å². The van der Waals surface area contributed by atoms with E-state index in [0.29, 0.717) is 12.2 Å². The van der Waals surface area contributed by atoms with Gasteiger partial charge in [-0.25, -0.2) is 4.39 Å². The number of amides is 1. The van der Waals surface area contributed by atoms with Crippen LogP contribution in [0.4, 0.5) is 4.39 Å². The molecule has 6 heteroatoms. The van der Waals surface area contributed by atoms with Gasteiger partial charge in [0.1, 0.15) is 12.6 Å². The van der Waals surface area contributed by atoms with E-state index in [2.05, 4.69) is 11.2 Å². The Hall–Kier alpha value is -2.73. The highest BCUT2D eigenvalue weighted by atomic mass is 19.1. The number of nitrogens with zero attached hydrogens (tertiary/aromatic N) is 1. The molecule has 5 nitrogen and oxygen atoms in total. The standard InChI is InChI=1S/C16H17FN2O3/c1-3-8-21-14-6-4-13(9-15(14)22-11-17)5-7-16(20)19-12(2)10-18/h1,4,6,9,12H,5,7-8,11H2,2H3,(H,19,20). The van der Waals surface area contributed by atoms with Crippen LogP contribution in [0.5, 0.6) is 11.5 Å². The minimum absolute atomic E-state index is 0.0520. The maximum atomic E-state index is 12.4. The number of halogens is 1. The fourth-order valence-corrected chi connectivity index (χ4v) is 1.72. The van der Waals surface area contributed by atoms with Crippen molar-refractivity contribution in [1.82, 2.24) is 5.32 Å². The molecule has 0 radical (unpaired) electrons. The molecule has 1 amide bonds. The van der Waals surface area contributed by atoms with Gasteiger partial charge >= 0.3 is 0 Å². The van der Waals surface area contributed by atoms with Crippen molar-refractivity contribution < 1.29 is 18.7 Å². The van der Waals surface area contributed by atoms with Gasteiger partial charge in [-0.2, -0.15) is 5.26 Å². The molecule has 0 spiro atoms. The first-order chi connectivity index (χ1) is 10.6. The summed E-state index contributed by atoms with van der Waals surface area (Å²) in [4.78, 5) is 11.6. The van der Waals surface area contributed by atoms with E-state index in [1.807, 2.05) is 6.07 Å². The maximum Gasteiger partial charge on any atom is 0.228 e. The van der Waals surface area contributed by atoms with Gasteiger partial charge in [0, 0.05) is 6.42 Å². The first-order valence-electron chi connectivity index (χ1n) is 6.67. The predicted octanol–water partition coefficient (Wildman–Crippen LogP) is 1.97. The highest BCUT2D eigenvalue weighted by Crippen LogP contribution is 2.29. The molecular weight excluding hydrogens is 287 g/mol. The molecule has 1 rings (SSSR count). The molecule has 0 aliphatic carbocycles. The summed E-state index contributed by atoms with van der Waals surface area (Å²) in [6.45, 7) is 0.662. The zero-order valence-corrected chi connectivity index (χ0v) is 12.3. The highest BCUT2D eigenvalue weighted by Gasteiger charge is 2.10. The fourth-order valence-electron chi connectivity index (χ4n) is 1.72. The Morgan fingerprint density at radius 1 is 1.45 bits per heavy atom. The van der Waals surface area contributed by atoms with Crippen LogP contribution in [-0.2, 0) is 11.2 Å². The molecule has 0 aromatic heterocycles. The molecule has 0 bridgehead atoms. The molecule has 0 aliphatic rings. The number of terminal acetylenes is 1. The van der Waals surface area contributed by atoms with E-state index in [1.165, 1.54) is 0 Å². The van der Waals surface area contributed by atoms with Crippen LogP contribution in [-0.4, -0.2) is 25.4 Å². The summed E-state index contributed by atoms with van der Waals surface area (Å²) in [5, 5.41) is 11.2. The van der Waals surface area contributed by atoms with E-state index in [0.717, 1.165) is 5.56 Å². The largest absolute Gasteiger partial charge is 0.477 e. The van der Waals surface area contributed by atoms with Gasteiger partial charge in [0.05, 0.1) is 6.07 Å². The number of benzene rings is 1. The summed E-state index contributed by atoms with van der Waals surface area (Å²) < 4.78 is 22.5. The monoisotopic (exact) mass is 304 g/mol. The van der Waals surface area contributed by atoms with Gasteiger partial charge < -0.3 is 14.8 Å². The van der Waals surface area contributed by atoms with Crippen LogP contribution >= 0.6 is 0 Å². The molecule has 0 heterocycles. The van der Waals surface area contributed by atoms with Gasteiger partial charge in [-0.05, 0) is 31.0 Å². The Morgan fingerprint density at radius 3 is 2.86 bits per heavy atom. The Morgan fingerprint density at radius 2 is 2.23 bits per heavy atom. The normalized spacial score (nSPS) is 10.9. The molecule has 1 unspecified atom stereocenters. The molecule has 1 aromatic rings. The smallest absolute Gasteiger partial charge is 0.228 e. The second-order valence-electron chi connectivity index (χ2n) is 4.45. The molecule has 1 N–H and O–H groups in total. The van der Waals surface area contributed by atoms with Crippen LogP contribution in [0.3, 0.4) is 0 Å². The summed E-state index contributed by atoms with van der Waals surface area (Å²) in [5.74, 6) is 2.67. The Balaban J connectivity index is 2.68. The van der Waals surface area contributed by atoms with Gasteiger partial charge in [0.25, 0.3) is 0 Å². The topological polar surface area (TPSA) is 71.3 Å². The van der Waals surface area contributed by atoms with Crippen LogP contribution in [0.2, 0.25) is 0 Å². The third-order valence-corrected chi connectivity index (χ3v) is 2.74. The van der Waals surface area contributed by atoms with Gasteiger partial charge in [-0.1, -0.05) is 12.0 Å². The summed E-state index contributed by atoms with van der Waals surface area (Å²) in [6.07, 6.45) is 5.75. The number of ether oxygens (including phenoxy) is 2. The summed E-state index contributed by atoms with van der Waals surface area (Å²) >= 11 is 0. The quantitative estimate of drug-likeness (QED) is 0.745. The average Bonchev–Trinajstić information content (AvgIpc) is 2.52. The average molecular weight is 304 g/mol. The van der Waals surface area contributed by atoms with E-state index < -0.39 is 12.9 Å². The van der Waals surface area contributed by atoms with E-state index in [1.54, 1.807) is 25.1 Å². The number of alkyl halides is 1. The van der Waals surface area contributed by atoms with Gasteiger partial charge in [0.2, 0.25) is 12.8 Å². The predicted molar refractivity (Wildman–Crippen MR) is 78.9 cm³/mol. The van der Waals surface area contributed by atoms with Crippen LogP contribution in [0.15, 0.2) is 18.2 Å². The van der Waals surface area contributed by atoms with Crippen molar-refractivity contribution in [3.63, 3.8) is 0 Å². The number of nitriles is 1. The van der Waals surface area contributed by atoms with Crippen molar-refractivity contribution in [2.75, 3.05) is 13.5 Å². The summed E-state index contributed by atoms with van der Waals surface area (Å²) in [5.41, 5.74) is 0.788. The molecule has 0 fully saturated rings. The number of hydrogen-bond donors (Lipinski definition) is 1. The van der Waals surface area contributed by atoms with Crippen LogP contribution in [0.25, 0.3) is 0 Å². The zero-order chi connectivity index (χ0) is 16.4. The first kappa shape index (κ1) is 17.3. The maximum absolute atomic E-state index is 12.4. The number of carbonyl (C=O) groups excluding carboxylic acids is 1. The lowest BCUT2D eigenvalue weighted by molar-refractivity contribution is -0.121. The zero-order valence-electron chi connectivity index (χ0n) is 12.3. The second kappa shape index (κ2) is 9.25. The molecule has 1 aromatic carbocycles. The molecular formula is C16H17FN2O3. The molecule has 116 valence electrons. The number of hydrogen-bond acceptors (Lipinski definition) is 4. The minimum Gasteiger partial charge on any atom is -0.477 e. The van der Waals surface area contributed by atoms with Crippen molar-refractivity contribution in [2.45, 2.75) is 25.8 Å².